The van der Waals surface area contributed by atoms with E-state index in [-0.39, 0.29) is 12.6 Å². The number of aliphatic hydroxyl groups excluding tert-OH is 2. The normalized spacial score (nSPS) is 36.4. The first-order valence-electron chi connectivity index (χ1n) is 6.14. The summed E-state index contributed by atoms with van der Waals surface area (Å²) < 4.78 is 5.58. The number of rotatable bonds is 2. The summed E-state index contributed by atoms with van der Waals surface area (Å²) >= 11 is 1.49. The summed E-state index contributed by atoms with van der Waals surface area (Å²) in [6.07, 6.45) is -1.19. The van der Waals surface area contributed by atoms with Crippen molar-refractivity contribution in [3.05, 3.63) is 6.20 Å². The van der Waals surface area contributed by atoms with Crippen LogP contribution in [0.3, 0.4) is 0 Å². The van der Waals surface area contributed by atoms with E-state index in [4.69, 9.17) is 10.5 Å². The van der Waals surface area contributed by atoms with Crippen molar-refractivity contribution >= 4 is 23.5 Å². The highest BCUT2D eigenvalue weighted by Gasteiger charge is 2.54. The molecule has 1 aromatic heterocycles. The van der Waals surface area contributed by atoms with E-state index in [1.165, 1.54) is 18.7 Å². The summed E-state index contributed by atoms with van der Waals surface area (Å²) in [4.78, 5) is 10.6. The molecule has 3 rings (SSSR count). The van der Waals surface area contributed by atoms with Crippen molar-refractivity contribution in [1.29, 1.82) is 0 Å². The van der Waals surface area contributed by atoms with Crippen molar-refractivity contribution in [3.8, 4) is 0 Å². The topological polar surface area (TPSA) is 125 Å². The fraction of sp³-hybridized carbons (Fsp3) is 0.636. The second kappa shape index (κ2) is 4.71. The molecule has 20 heavy (non-hydrogen) atoms. The van der Waals surface area contributed by atoms with Crippen LogP contribution in [0.1, 0.15) is 6.92 Å². The molecule has 5 N–H and O–H groups in total. The Hall–Kier alpha value is -1.13. The SMILES string of the molecule is C[C@@]1(O)[C@@H](CO)O[C@@H](N2CSc3cnc(N)nc32)[C@@H]1O. The van der Waals surface area contributed by atoms with Crippen LogP contribution < -0.4 is 10.6 Å². The Morgan fingerprint density at radius 3 is 3.05 bits per heavy atom. The van der Waals surface area contributed by atoms with E-state index in [0.717, 1.165) is 4.90 Å². The Morgan fingerprint density at radius 2 is 2.40 bits per heavy atom. The highest BCUT2D eigenvalue weighted by atomic mass is 32.2. The smallest absolute Gasteiger partial charge is 0.222 e. The second-order valence-corrected chi connectivity index (χ2v) is 6.01. The molecule has 3 heterocycles. The Bertz CT molecular complexity index is 529. The summed E-state index contributed by atoms with van der Waals surface area (Å²) in [7, 11) is 0. The maximum Gasteiger partial charge on any atom is 0.222 e. The van der Waals surface area contributed by atoms with Crippen molar-refractivity contribution in [2.75, 3.05) is 23.1 Å². The molecular formula is C11H16N4O4S. The number of aromatic nitrogens is 2. The van der Waals surface area contributed by atoms with Gasteiger partial charge in [-0.3, -0.25) is 0 Å². The molecule has 0 aromatic carbocycles. The van der Waals surface area contributed by atoms with Gasteiger partial charge in [-0.1, -0.05) is 11.8 Å². The fourth-order valence-corrected chi connectivity index (χ4v) is 3.37. The Morgan fingerprint density at radius 1 is 1.65 bits per heavy atom. The van der Waals surface area contributed by atoms with E-state index < -0.39 is 24.0 Å². The van der Waals surface area contributed by atoms with Gasteiger partial charge in [0.1, 0.15) is 17.8 Å². The van der Waals surface area contributed by atoms with Crippen LogP contribution in [0.4, 0.5) is 11.8 Å². The third-order valence-corrected chi connectivity index (χ3v) is 4.69. The molecule has 4 atom stereocenters. The maximum atomic E-state index is 10.3. The maximum absolute atomic E-state index is 10.3. The van der Waals surface area contributed by atoms with Crippen molar-refractivity contribution in [1.82, 2.24) is 9.97 Å². The monoisotopic (exact) mass is 300 g/mol. The van der Waals surface area contributed by atoms with Gasteiger partial charge in [0, 0.05) is 6.20 Å². The fourth-order valence-electron chi connectivity index (χ4n) is 2.41. The molecule has 0 radical (unpaired) electrons. The summed E-state index contributed by atoms with van der Waals surface area (Å²) in [6.45, 7) is 1.07. The van der Waals surface area contributed by atoms with Crippen molar-refractivity contribution < 1.29 is 20.1 Å². The molecule has 1 aromatic rings. The molecule has 2 aliphatic rings. The molecule has 0 spiro atoms. The van der Waals surface area contributed by atoms with Gasteiger partial charge in [0.25, 0.3) is 0 Å². The quantitative estimate of drug-likeness (QED) is 0.530. The standard InChI is InChI=1S/C11H16N4O4S/c1-11(18)6(3-16)19-9(7(11)17)15-4-20-5-2-13-10(12)14-8(5)15/h2,6-7,9,16-18H,3-4H2,1H3,(H2,12,13,14)/t6-,7+,9-,11-/m1/s1. The third kappa shape index (κ3) is 1.93. The molecule has 0 amide bonds. The van der Waals surface area contributed by atoms with Gasteiger partial charge in [0.2, 0.25) is 5.95 Å². The van der Waals surface area contributed by atoms with E-state index in [1.807, 2.05) is 0 Å². The first-order valence-corrected chi connectivity index (χ1v) is 7.12. The molecule has 0 aliphatic carbocycles. The third-order valence-electron chi connectivity index (χ3n) is 3.68. The number of ether oxygens (including phenoxy) is 1. The van der Waals surface area contributed by atoms with E-state index in [2.05, 4.69) is 9.97 Å². The Labute approximate surface area is 119 Å². The van der Waals surface area contributed by atoms with E-state index in [1.54, 1.807) is 11.1 Å². The average molecular weight is 300 g/mol. The molecule has 1 fully saturated rings. The van der Waals surface area contributed by atoms with Crippen LogP contribution in [0.2, 0.25) is 0 Å². The van der Waals surface area contributed by atoms with Gasteiger partial charge in [-0.05, 0) is 6.92 Å². The molecule has 8 nitrogen and oxygen atoms in total. The molecule has 0 unspecified atom stereocenters. The molecule has 110 valence electrons. The summed E-state index contributed by atoms with van der Waals surface area (Å²) in [5.74, 6) is 1.21. The number of fused-ring (bicyclic) bond motifs is 1. The molecule has 0 saturated carbocycles. The van der Waals surface area contributed by atoms with Gasteiger partial charge in [-0.25, -0.2) is 4.98 Å². The van der Waals surface area contributed by atoms with Crippen LogP contribution >= 0.6 is 11.8 Å². The zero-order valence-corrected chi connectivity index (χ0v) is 11.6. The predicted octanol–water partition coefficient (Wildman–Crippen LogP) is -1.24. The lowest BCUT2D eigenvalue weighted by Crippen LogP contribution is -2.49. The lowest BCUT2D eigenvalue weighted by molar-refractivity contribution is -0.0793. The zero-order chi connectivity index (χ0) is 14.5. The number of nitrogen functional groups attached to an aromatic ring is 1. The summed E-state index contributed by atoms with van der Waals surface area (Å²) in [6, 6.07) is 0. The molecule has 2 aliphatic heterocycles. The highest BCUT2D eigenvalue weighted by molar-refractivity contribution is 7.99. The molecule has 1 saturated heterocycles. The van der Waals surface area contributed by atoms with Crippen LogP contribution in [0.25, 0.3) is 0 Å². The Balaban J connectivity index is 1.91. The van der Waals surface area contributed by atoms with Crippen LogP contribution in [-0.2, 0) is 4.74 Å². The number of nitrogens with zero attached hydrogens (tertiary/aromatic N) is 3. The van der Waals surface area contributed by atoms with Gasteiger partial charge in [-0.2, -0.15) is 4.98 Å². The van der Waals surface area contributed by atoms with E-state index in [0.29, 0.717) is 11.7 Å². The minimum Gasteiger partial charge on any atom is -0.394 e. The average Bonchev–Trinajstić information content (AvgIpc) is 2.90. The number of thioether (sulfide) groups is 1. The van der Waals surface area contributed by atoms with Gasteiger partial charge < -0.3 is 30.7 Å². The van der Waals surface area contributed by atoms with Gasteiger partial charge in [0.15, 0.2) is 12.0 Å². The highest BCUT2D eigenvalue weighted by Crippen LogP contribution is 2.42. The lowest BCUT2D eigenvalue weighted by atomic mass is 9.95. The lowest BCUT2D eigenvalue weighted by Gasteiger charge is -2.29. The second-order valence-electron chi connectivity index (χ2n) is 5.03. The number of nitrogens with two attached hydrogens (primary N) is 1. The molecular weight excluding hydrogens is 284 g/mol. The first-order chi connectivity index (χ1) is 9.45. The Kier molecular flexibility index (Phi) is 3.26. The minimum atomic E-state index is -1.52. The molecule has 9 heteroatoms. The van der Waals surface area contributed by atoms with Crippen molar-refractivity contribution in [2.24, 2.45) is 0 Å². The number of hydrogen-bond donors (Lipinski definition) is 4. The minimum absolute atomic E-state index is 0.134. The van der Waals surface area contributed by atoms with Crippen LogP contribution in [-0.4, -0.2) is 61.8 Å². The number of hydrogen-bond acceptors (Lipinski definition) is 9. The van der Waals surface area contributed by atoms with E-state index >= 15 is 0 Å². The zero-order valence-electron chi connectivity index (χ0n) is 10.8. The number of anilines is 2. The largest absolute Gasteiger partial charge is 0.394 e. The summed E-state index contributed by atoms with van der Waals surface area (Å²) in [5.41, 5.74) is 4.06. The van der Waals surface area contributed by atoms with Crippen molar-refractivity contribution in [2.45, 2.75) is 35.9 Å². The summed E-state index contributed by atoms with van der Waals surface area (Å²) in [5, 5.41) is 29.7. The van der Waals surface area contributed by atoms with Crippen LogP contribution in [0, 0.1) is 0 Å². The van der Waals surface area contributed by atoms with Crippen LogP contribution in [0.5, 0.6) is 0 Å². The van der Waals surface area contributed by atoms with Gasteiger partial charge in [-0.15, -0.1) is 0 Å². The van der Waals surface area contributed by atoms with Crippen molar-refractivity contribution in [3.63, 3.8) is 0 Å². The van der Waals surface area contributed by atoms with E-state index in [9.17, 15) is 15.3 Å². The van der Waals surface area contributed by atoms with Gasteiger partial charge in [0.05, 0.1) is 17.4 Å². The number of aliphatic hydroxyl groups is 3. The van der Waals surface area contributed by atoms with Gasteiger partial charge >= 0.3 is 0 Å². The predicted molar refractivity (Wildman–Crippen MR) is 72.0 cm³/mol. The molecule has 0 bridgehead atoms. The first kappa shape index (κ1) is 13.8. The van der Waals surface area contributed by atoms with Crippen LogP contribution in [0.15, 0.2) is 11.1 Å².